The summed E-state index contributed by atoms with van der Waals surface area (Å²) in [5.74, 6) is 2.80. The van der Waals surface area contributed by atoms with E-state index in [9.17, 15) is 61.3 Å². The maximum Gasteiger partial charge on any atom is 0.187 e. The van der Waals surface area contributed by atoms with Crippen molar-refractivity contribution in [3.05, 3.63) is 23.0 Å². The summed E-state index contributed by atoms with van der Waals surface area (Å²) in [4.78, 5) is 0. The van der Waals surface area contributed by atoms with Crippen molar-refractivity contribution < 1.29 is 104 Å². The highest BCUT2D eigenvalue weighted by Gasteiger charge is 2.64. The van der Waals surface area contributed by atoms with Gasteiger partial charge in [-0.2, -0.15) is 0 Å². The van der Waals surface area contributed by atoms with Gasteiger partial charge >= 0.3 is 0 Å². The molecule has 7 fully saturated rings. The van der Waals surface area contributed by atoms with Crippen molar-refractivity contribution in [3.8, 4) is 0 Å². The van der Waals surface area contributed by atoms with Gasteiger partial charge < -0.3 is 104 Å². The fraction of sp³-hybridized carbons (Fsp3) is 0.922. The van der Waals surface area contributed by atoms with Crippen LogP contribution in [0.3, 0.4) is 0 Å². The molecule has 9 aliphatic rings. The molecule has 0 radical (unpaired) electrons. The molecule has 0 bridgehead atoms. The van der Waals surface area contributed by atoms with Crippen LogP contribution in [-0.4, -0.2) is 216 Å². The zero-order chi connectivity index (χ0) is 51.9. The molecule has 412 valence electrons. The molecule has 5 unspecified atom stereocenters. The number of aliphatic hydroxyl groups excluding tert-OH is 12. The van der Waals surface area contributed by atoms with E-state index in [1.165, 1.54) is 25.0 Å². The zero-order valence-electron chi connectivity index (χ0n) is 42.2. The van der Waals surface area contributed by atoms with Gasteiger partial charge in [0.05, 0.1) is 43.9 Å². The minimum absolute atomic E-state index is 0.0680. The van der Waals surface area contributed by atoms with Crippen LogP contribution in [0.25, 0.3) is 0 Å². The monoisotopic (exact) mass is 1030 g/mol. The molecule has 0 aromatic rings. The topological polar surface area (TPSA) is 326 Å². The lowest BCUT2D eigenvalue weighted by atomic mass is 9.47. The van der Waals surface area contributed by atoms with Gasteiger partial charge in [0.2, 0.25) is 0 Å². The Labute approximate surface area is 420 Å². The number of hydrogen-bond donors (Lipinski definition) is 12. The predicted octanol–water partition coefficient (Wildman–Crippen LogP) is -1.03. The van der Waals surface area contributed by atoms with Crippen LogP contribution in [0.1, 0.15) is 99.3 Å². The molecule has 0 amide bonds. The van der Waals surface area contributed by atoms with E-state index in [4.69, 9.17) is 42.6 Å². The van der Waals surface area contributed by atoms with Crippen molar-refractivity contribution >= 4 is 0 Å². The molecule has 0 spiro atoms. The molecule has 9 rings (SSSR count). The summed E-state index contributed by atoms with van der Waals surface area (Å²) in [5, 5.41) is 126. The number of aliphatic hydroxyl groups is 12. The molecule has 29 atom stereocenters. The fourth-order valence-electron chi connectivity index (χ4n) is 14.5. The molecular weight excluding hydrogens is 949 g/mol. The van der Waals surface area contributed by atoms with Crippen LogP contribution in [0.15, 0.2) is 23.0 Å². The van der Waals surface area contributed by atoms with E-state index in [2.05, 4.69) is 26.8 Å². The number of rotatable bonds is 14. The lowest BCUT2D eigenvalue weighted by Crippen LogP contribution is -2.66. The Bertz CT molecular complexity index is 1920. The lowest BCUT2D eigenvalue weighted by Gasteiger charge is -2.58. The molecule has 0 aromatic heterocycles. The Kier molecular flexibility index (Phi) is 16.7. The maximum atomic E-state index is 12.0. The fourth-order valence-corrected chi connectivity index (χ4v) is 14.5. The highest BCUT2D eigenvalue weighted by molar-refractivity contribution is 5.30. The minimum atomic E-state index is -1.74. The molecule has 72 heavy (non-hydrogen) atoms. The smallest absolute Gasteiger partial charge is 0.187 e. The molecule has 5 aliphatic heterocycles. The van der Waals surface area contributed by atoms with Crippen molar-refractivity contribution in [2.75, 3.05) is 19.8 Å². The molecule has 0 aromatic carbocycles. The molecular formula is C51H82O21. The predicted molar refractivity (Wildman–Crippen MR) is 247 cm³/mol. The van der Waals surface area contributed by atoms with Crippen LogP contribution >= 0.6 is 0 Å². The third kappa shape index (κ3) is 9.90. The number of allylic oxidation sites excluding steroid dienone is 2. The summed E-state index contributed by atoms with van der Waals surface area (Å²) >= 11 is 0. The van der Waals surface area contributed by atoms with E-state index in [1.54, 1.807) is 0 Å². The number of hydrogen-bond acceptors (Lipinski definition) is 21. The van der Waals surface area contributed by atoms with Crippen molar-refractivity contribution in [1.29, 1.82) is 0 Å². The second kappa shape index (κ2) is 21.7. The first-order chi connectivity index (χ1) is 34.1. The second-order valence-electron chi connectivity index (χ2n) is 23.2. The van der Waals surface area contributed by atoms with Gasteiger partial charge in [0.25, 0.3) is 0 Å². The van der Waals surface area contributed by atoms with Crippen molar-refractivity contribution in [2.24, 2.45) is 40.4 Å². The van der Waals surface area contributed by atoms with Crippen LogP contribution in [-0.2, 0) is 42.6 Å². The van der Waals surface area contributed by atoms with E-state index in [1.807, 2.05) is 6.92 Å². The van der Waals surface area contributed by atoms with Gasteiger partial charge in [-0.15, -0.1) is 0 Å². The summed E-state index contributed by atoms with van der Waals surface area (Å²) in [6.45, 7) is 11.1. The maximum absolute atomic E-state index is 12.0. The molecule has 4 aliphatic carbocycles. The second-order valence-corrected chi connectivity index (χ2v) is 23.2. The number of ether oxygens (including phenoxy) is 9. The average molecular weight is 1030 g/mol. The highest BCUT2D eigenvalue weighted by Crippen LogP contribution is 2.69. The summed E-state index contributed by atoms with van der Waals surface area (Å²) in [5.41, 5.74) is 2.59. The zero-order valence-corrected chi connectivity index (χ0v) is 42.2. The van der Waals surface area contributed by atoms with E-state index < -0.39 is 142 Å². The average Bonchev–Trinajstić information content (AvgIpc) is 3.85. The Morgan fingerprint density at radius 1 is 0.653 bits per heavy atom. The first kappa shape index (κ1) is 55.2. The van der Waals surface area contributed by atoms with Gasteiger partial charge in [0, 0.05) is 12.3 Å². The van der Waals surface area contributed by atoms with Crippen LogP contribution < -0.4 is 0 Å². The first-order valence-corrected chi connectivity index (χ1v) is 26.4. The summed E-state index contributed by atoms with van der Waals surface area (Å²) in [6, 6.07) is 0. The minimum Gasteiger partial charge on any atom is -0.494 e. The molecule has 4 saturated heterocycles. The Morgan fingerprint density at radius 3 is 1.89 bits per heavy atom. The Balaban J connectivity index is 0.849. The van der Waals surface area contributed by atoms with Gasteiger partial charge in [-0.05, 0) is 112 Å². The molecule has 3 saturated carbocycles. The molecule has 21 nitrogen and oxygen atoms in total. The molecule has 12 N–H and O–H groups in total. The normalized spacial score (nSPS) is 52.9. The van der Waals surface area contributed by atoms with Crippen LogP contribution in [0.4, 0.5) is 0 Å². The van der Waals surface area contributed by atoms with Crippen LogP contribution in [0, 0.1) is 40.4 Å². The molecule has 5 heterocycles. The Morgan fingerprint density at radius 2 is 1.25 bits per heavy atom. The van der Waals surface area contributed by atoms with Gasteiger partial charge in [0.15, 0.2) is 25.2 Å². The van der Waals surface area contributed by atoms with E-state index in [-0.39, 0.29) is 29.5 Å². The SMILES string of the molecule is CC1=C(CC[C@@H](C)CO[C@@H]2O[C@H](CO)[C@@H](O)[C@H](O)[C@H]2O)O[C@H]2CC3C4CC=C5C[C@@H](O[C@@H]6O[C@H](CO)[C@@H](O[C@@H]7O[C@@H](C)[C@H](O)[C@@H](O)[C@H]7O)[C@H](O)[C@H]6O[C@@H]6O[C@@H](C)[C@H](O)[C@@H](O)[C@H]6O)CCC5(C)C4CCC3(C)[C@@H]12. The third-order valence-corrected chi connectivity index (χ3v) is 18.8. The first-order valence-electron chi connectivity index (χ1n) is 26.4. The lowest BCUT2D eigenvalue weighted by molar-refractivity contribution is -0.388. The van der Waals surface area contributed by atoms with Gasteiger partial charge in [0.1, 0.15) is 91.6 Å². The van der Waals surface area contributed by atoms with Crippen molar-refractivity contribution in [1.82, 2.24) is 0 Å². The largest absolute Gasteiger partial charge is 0.494 e. The van der Waals surface area contributed by atoms with Gasteiger partial charge in [-0.25, -0.2) is 0 Å². The van der Waals surface area contributed by atoms with Crippen LogP contribution in [0.5, 0.6) is 0 Å². The standard InChI is InChI=1S/C51H82O21/c1-20(19-64-46-40(60)39(59)36(56)31(17-52)69-46)7-10-29-21(2)33-30(68-29)16-28-26-9-8-24-15-25(11-13-50(24,5)27(26)12-14-51(28,33)6)67-49-45(72-48-42(62)38(58)35(55)23(4)66-48)43(63)44(32(18-53)70-49)71-47-41(61)37(57)34(54)22(3)65-47/h8,20,22-23,25-28,30-49,52-63H,7,9-19H2,1-6H3/t20-,22+,23+,25+,26?,27?,28?,30+,31-,32-,33+,34+,35+,36-,37-,38-,39+,40-,41-,42-,43+,44-,45-,46-,47+,48+,49-,50?,51?/m1/s1. The summed E-state index contributed by atoms with van der Waals surface area (Å²) < 4.78 is 54.8. The quantitative estimate of drug-likeness (QED) is 0.0926. The molecule has 21 heteroatoms. The highest BCUT2D eigenvalue weighted by atomic mass is 16.8. The summed E-state index contributed by atoms with van der Waals surface area (Å²) in [6.07, 6.45) is -18.8. The van der Waals surface area contributed by atoms with Crippen molar-refractivity contribution in [2.45, 2.75) is 234 Å². The van der Waals surface area contributed by atoms with Crippen molar-refractivity contribution in [3.63, 3.8) is 0 Å². The number of fused-ring (bicyclic) bond motifs is 7. The van der Waals surface area contributed by atoms with E-state index in [0.717, 1.165) is 50.7 Å². The summed E-state index contributed by atoms with van der Waals surface area (Å²) in [7, 11) is 0. The van der Waals surface area contributed by atoms with Crippen LogP contribution in [0.2, 0.25) is 0 Å². The van der Waals surface area contributed by atoms with E-state index >= 15 is 0 Å². The third-order valence-electron chi connectivity index (χ3n) is 18.8. The van der Waals surface area contributed by atoms with E-state index in [0.29, 0.717) is 36.5 Å². The Hall–Kier alpha value is -1.52. The van der Waals surface area contributed by atoms with Gasteiger partial charge in [-0.1, -0.05) is 32.4 Å². The van der Waals surface area contributed by atoms with Gasteiger partial charge in [-0.3, -0.25) is 0 Å².